The molecule has 5 nitrogen and oxygen atoms in total. The summed E-state index contributed by atoms with van der Waals surface area (Å²) in [5.74, 6) is 0.869. The van der Waals surface area contributed by atoms with E-state index in [4.69, 9.17) is 9.16 Å². The zero-order valence-electron chi connectivity index (χ0n) is 11.6. The maximum atomic E-state index is 11.0. The van der Waals surface area contributed by atoms with E-state index in [2.05, 4.69) is 19.6 Å². The smallest absolute Gasteiger partial charge is 0.242 e. The molecular formula is C12H23NO4Si. The Kier molecular flexibility index (Phi) is 5.34. The van der Waals surface area contributed by atoms with Crippen molar-refractivity contribution in [3.8, 4) is 0 Å². The minimum absolute atomic E-state index is 0.0694. The van der Waals surface area contributed by atoms with Gasteiger partial charge in [-0.3, -0.25) is 10.1 Å². The Hall–Kier alpha value is -0.883. The number of hydrogen-bond acceptors (Lipinski definition) is 4. The van der Waals surface area contributed by atoms with Crippen molar-refractivity contribution in [2.45, 2.75) is 44.9 Å². The molecule has 0 spiro atoms. The molecule has 104 valence electrons. The molecule has 1 aliphatic rings. The second kappa shape index (κ2) is 6.33. The molecule has 0 saturated heterocycles. The number of nitrogens with zero attached hydrogens (tertiary/aromatic N) is 1. The van der Waals surface area contributed by atoms with Crippen LogP contribution < -0.4 is 0 Å². The molecule has 18 heavy (non-hydrogen) atoms. The summed E-state index contributed by atoms with van der Waals surface area (Å²) in [5, 5.41) is 11.0. The molecule has 0 aromatic rings. The molecule has 0 unspecified atom stereocenters. The van der Waals surface area contributed by atoms with Gasteiger partial charge in [0.1, 0.15) is 6.61 Å². The van der Waals surface area contributed by atoms with Gasteiger partial charge in [0.25, 0.3) is 0 Å². The molecular weight excluding hydrogens is 250 g/mol. The van der Waals surface area contributed by atoms with Crippen LogP contribution in [0.5, 0.6) is 0 Å². The number of nitro groups is 1. The van der Waals surface area contributed by atoms with Gasteiger partial charge in [-0.25, -0.2) is 0 Å². The predicted molar refractivity (Wildman–Crippen MR) is 72.5 cm³/mol. The molecule has 0 saturated carbocycles. The minimum Gasteiger partial charge on any atom is -0.548 e. The average Bonchev–Trinajstić information content (AvgIpc) is 2.23. The summed E-state index contributed by atoms with van der Waals surface area (Å²) in [7, 11) is -0.122. The van der Waals surface area contributed by atoms with Crippen LogP contribution in [0.25, 0.3) is 0 Å². The van der Waals surface area contributed by atoms with Gasteiger partial charge < -0.3 is 9.16 Å². The first kappa shape index (κ1) is 15.2. The Morgan fingerprint density at radius 2 is 2.22 bits per heavy atom. The molecule has 6 heteroatoms. The van der Waals surface area contributed by atoms with Crippen molar-refractivity contribution in [3.63, 3.8) is 0 Å². The van der Waals surface area contributed by atoms with Crippen LogP contribution in [-0.4, -0.2) is 33.0 Å². The summed E-state index contributed by atoms with van der Waals surface area (Å²) >= 11 is 0. The highest BCUT2D eigenvalue weighted by Gasteiger charge is 2.33. The Balaban J connectivity index is 2.76. The fourth-order valence-corrected chi connectivity index (χ4v) is 3.17. The summed E-state index contributed by atoms with van der Waals surface area (Å²) in [4.78, 5) is 10.8. The molecule has 0 heterocycles. The van der Waals surface area contributed by atoms with Crippen LogP contribution in [0.1, 0.15) is 19.3 Å². The van der Waals surface area contributed by atoms with E-state index < -0.39 is 14.4 Å². The number of methoxy groups -OCH3 is 1. The van der Waals surface area contributed by atoms with Crippen molar-refractivity contribution in [2.24, 2.45) is 5.92 Å². The third-order valence-corrected chi connectivity index (χ3v) is 3.77. The van der Waals surface area contributed by atoms with E-state index in [0.717, 1.165) is 25.0 Å². The van der Waals surface area contributed by atoms with Crippen molar-refractivity contribution in [1.29, 1.82) is 0 Å². The lowest BCUT2D eigenvalue weighted by Crippen LogP contribution is -2.34. The Labute approximate surface area is 109 Å². The van der Waals surface area contributed by atoms with Crippen LogP contribution in [0.4, 0.5) is 0 Å². The molecule has 0 aromatic carbocycles. The number of rotatable bonds is 6. The Morgan fingerprint density at radius 3 is 2.72 bits per heavy atom. The van der Waals surface area contributed by atoms with Gasteiger partial charge in [0.05, 0.1) is 11.7 Å². The Bertz CT molecular complexity index is 325. The maximum absolute atomic E-state index is 11.0. The quantitative estimate of drug-likeness (QED) is 0.424. The van der Waals surface area contributed by atoms with Gasteiger partial charge in [-0.15, -0.1) is 0 Å². The van der Waals surface area contributed by atoms with Gasteiger partial charge in [-0.2, -0.15) is 0 Å². The van der Waals surface area contributed by atoms with Gasteiger partial charge in [0.2, 0.25) is 14.4 Å². The summed E-state index contributed by atoms with van der Waals surface area (Å²) in [6, 6.07) is -0.657. The van der Waals surface area contributed by atoms with E-state index in [1.54, 1.807) is 0 Å². The van der Waals surface area contributed by atoms with Crippen LogP contribution in [0.2, 0.25) is 19.6 Å². The lowest BCUT2D eigenvalue weighted by atomic mass is 9.89. The molecule has 2 atom stereocenters. The van der Waals surface area contributed by atoms with Gasteiger partial charge >= 0.3 is 0 Å². The number of allylic oxidation sites excluding steroid dienone is 1. The van der Waals surface area contributed by atoms with E-state index >= 15 is 0 Å². The van der Waals surface area contributed by atoms with Crippen LogP contribution in [0.3, 0.4) is 0 Å². The van der Waals surface area contributed by atoms with Crippen LogP contribution in [-0.2, 0) is 9.16 Å². The van der Waals surface area contributed by atoms with E-state index in [-0.39, 0.29) is 17.4 Å². The summed E-state index contributed by atoms with van der Waals surface area (Å²) < 4.78 is 10.9. The highest BCUT2D eigenvalue weighted by molar-refractivity contribution is 6.70. The predicted octanol–water partition coefficient (Wildman–Crippen LogP) is 2.81. The second-order valence-electron chi connectivity index (χ2n) is 5.71. The summed E-state index contributed by atoms with van der Waals surface area (Å²) in [6.07, 6.45) is 4.65. The molecule has 0 aliphatic heterocycles. The lowest BCUT2D eigenvalue weighted by Gasteiger charge is -2.28. The molecule has 0 bridgehead atoms. The topological polar surface area (TPSA) is 61.6 Å². The molecule has 0 radical (unpaired) electrons. The SMILES string of the molecule is COC[C@H]([C@H]1C=C(O[Si](C)(C)C)CCC1)[N+](=O)[O-]. The van der Waals surface area contributed by atoms with Gasteiger partial charge in [-0.1, -0.05) is 0 Å². The largest absolute Gasteiger partial charge is 0.548 e. The van der Waals surface area contributed by atoms with Gasteiger partial charge in [0.15, 0.2) is 0 Å². The maximum Gasteiger partial charge on any atom is 0.242 e. The normalized spacial score (nSPS) is 22.2. The van der Waals surface area contributed by atoms with Gasteiger partial charge in [0, 0.05) is 18.5 Å². The van der Waals surface area contributed by atoms with E-state index in [1.165, 1.54) is 7.11 Å². The van der Waals surface area contributed by atoms with Crippen molar-refractivity contribution in [1.82, 2.24) is 0 Å². The lowest BCUT2D eigenvalue weighted by molar-refractivity contribution is -0.533. The van der Waals surface area contributed by atoms with E-state index in [0.29, 0.717) is 0 Å². The molecule has 1 aliphatic carbocycles. The van der Waals surface area contributed by atoms with Crippen molar-refractivity contribution in [2.75, 3.05) is 13.7 Å². The number of ether oxygens (including phenoxy) is 1. The average molecular weight is 273 g/mol. The highest BCUT2D eigenvalue weighted by atomic mass is 28.4. The zero-order valence-corrected chi connectivity index (χ0v) is 12.6. The second-order valence-corrected chi connectivity index (χ2v) is 10.1. The van der Waals surface area contributed by atoms with Crippen LogP contribution in [0.15, 0.2) is 11.8 Å². The fraction of sp³-hybridized carbons (Fsp3) is 0.833. The zero-order chi connectivity index (χ0) is 13.8. The third kappa shape index (κ3) is 4.78. The van der Waals surface area contributed by atoms with E-state index in [1.807, 2.05) is 6.08 Å². The number of hydrogen-bond donors (Lipinski definition) is 0. The first-order valence-corrected chi connectivity index (χ1v) is 9.76. The monoisotopic (exact) mass is 273 g/mol. The standard InChI is InChI=1S/C12H23NO4Si/c1-16-9-12(13(14)15)10-6-5-7-11(8-10)17-18(2,3)4/h8,10,12H,5-7,9H2,1-4H3/t10-,12-/m1/s1. The van der Waals surface area contributed by atoms with Crippen LogP contribution >= 0.6 is 0 Å². The highest BCUT2D eigenvalue weighted by Crippen LogP contribution is 2.29. The third-order valence-electron chi connectivity index (χ3n) is 2.90. The van der Waals surface area contributed by atoms with Crippen molar-refractivity contribution >= 4 is 8.32 Å². The molecule has 0 amide bonds. The van der Waals surface area contributed by atoms with E-state index in [9.17, 15) is 10.1 Å². The molecule has 0 fully saturated rings. The first-order valence-electron chi connectivity index (χ1n) is 6.35. The van der Waals surface area contributed by atoms with Gasteiger partial charge in [-0.05, 0) is 38.6 Å². The molecule has 0 aromatic heterocycles. The van der Waals surface area contributed by atoms with Crippen molar-refractivity contribution in [3.05, 3.63) is 21.9 Å². The summed E-state index contributed by atoms with van der Waals surface area (Å²) in [6.45, 7) is 6.53. The Morgan fingerprint density at radius 1 is 1.56 bits per heavy atom. The summed E-state index contributed by atoms with van der Waals surface area (Å²) in [5.41, 5.74) is 0. The molecule has 0 N–H and O–H groups in total. The fourth-order valence-electron chi connectivity index (χ4n) is 2.21. The van der Waals surface area contributed by atoms with Crippen LogP contribution in [0, 0.1) is 16.0 Å². The first-order chi connectivity index (χ1) is 8.33. The van der Waals surface area contributed by atoms with Crippen molar-refractivity contribution < 1.29 is 14.1 Å². The molecule has 1 rings (SSSR count). The minimum atomic E-state index is -1.62.